The molecule has 2 saturated heterocycles. The molecule has 0 N–H and O–H groups in total. The van der Waals surface area contributed by atoms with Crippen LogP contribution in [-0.2, 0) is 9.47 Å². The second-order valence-corrected chi connectivity index (χ2v) is 6.25. The Balaban J connectivity index is 1.77. The molecule has 0 aliphatic carbocycles. The Kier molecular flexibility index (Phi) is 5.46. The van der Waals surface area contributed by atoms with Gasteiger partial charge in [0.2, 0.25) is 0 Å². The summed E-state index contributed by atoms with van der Waals surface area (Å²) in [5, 5.41) is 0. The lowest BCUT2D eigenvalue weighted by atomic mass is 9.84. The second kappa shape index (κ2) is 6.88. The minimum absolute atomic E-state index is 0.476. The van der Waals surface area contributed by atoms with Crippen LogP contribution < -0.4 is 0 Å². The highest BCUT2D eigenvalue weighted by atomic mass is 16.5. The van der Waals surface area contributed by atoms with Gasteiger partial charge in [0.15, 0.2) is 0 Å². The van der Waals surface area contributed by atoms with E-state index in [4.69, 9.17) is 9.47 Å². The van der Waals surface area contributed by atoms with Gasteiger partial charge < -0.3 is 9.47 Å². The molecule has 2 heterocycles. The highest BCUT2D eigenvalue weighted by molar-refractivity contribution is 4.79. The standard InChI is InChI=1S/C15H29NO2/c1-12(2)14-4-7-18-15(11-14)10-13(3)16-5-8-17-9-6-16/h12-15H,4-11H2,1-3H3. The zero-order valence-electron chi connectivity index (χ0n) is 12.2. The Morgan fingerprint density at radius 3 is 2.50 bits per heavy atom. The van der Waals surface area contributed by atoms with Gasteiger partial charge in [0.05, 0.1) is 19.3 Å². The first kappa shape index (κ1) is 14.3. The third kappa shape index (κ3) is 3.94. The van der Waals surface area contributed by atoms with Crippen LogP contribution >= 0.6 is 0 Å². The number of morpholine rings is 1. The maximum absolute atomic E-state index is 5.96. The summed E-state index contributed by atoms with van der Waals surface area (Å²) >= 11 is 0. The van der Waals surface area contributed by atoms with Gasteiger partial charge in [-0.25, -0.2) is 0 Å². The van der Waals surface area contributed by atoms with E-state index >= 15 is 0 Å². The first-order valence-corrected chi connectivity index (χ1v) is 7.60. The summed E-state index contributed by atoms with van der Waals surface area (Å²) in [6, 6.07) is 0.629. The van der Waals surface area contributed by atoms with Crippen molar-refractivity contribution < 1.29 is 9.47 Å². The molecule has 2 fully saturated rings. The summed E-state index contributed by atoms with van der Waals surface area (Å²) in [7, 11) is 0. The van der Waals surface area contributed by atoms with Crippen molar-refractivity contribution in [1.82, 2.24) is 4.90 Å². The van der Waals surface area contributed by atoms with Crippen molar-refractivity contribution in [3.05, 3.63) is 0 Å². The fourth-order valence-corrected chi connectivity index (χ4v) is 3.23. The lowest BCUT2D eigenvalue weighted by Crippen LogP contribution is -2.44. The normalized spacial score (nSPS) is 32.7. The molecule has 2 aliphatic rings. The van der Waals surface area contributed by atoms with E-state index in [0.29, 0.717) is 12.1 Å². The molecule has 0 radical (unpaired) electrons. The van der Waals surface area contributed by atoms with Gasteiger partial charge in [0.1, 0.15) is 0 Å². The van der Waals surface area contributed by atoms with E-state index in [1.807, 2.05) is 0 Å². The Hall–Kier alpha value is -0.120. The predicted molar refractivity (Wildman–Crippen MR) is 73.8 cm³/mol. The Bertz CT molecular complexity index is 239. The molecule has 3 unspecified atom stereocenters. The molecule has 3 nitrogen and oxygen atoms in total. The van der Waals surface area contributed by atoms with Gasteiger partial charge in [-0.05, 0) is 38.0 Å². The molecular weight excluding hydrogens is 226 g/mol. The molecule has 0 saturated carbocycles. The van der Waals surface area contributed by atoms with Crippen molar-refractivity contribution in [2.24, 2.45) is 11.8 Å². The summed E-state index contributed by atoms with van der Waals surface area (Å²) < 4.78 is 11.4. The van der Waals surface area contributed by atoms with E-state index in [2.05, 4.69) is 25.7 Å². The van der Waals surface area contributed by atoms with Crippen LogP contribution in [0.2, 0.25) is 0 Å². The molecule has 18 heavy (non-hydrogen) atoms. The van der Waals surface area contributed by atoms with Crippen molar-refractivity contribution in [2.75, 3.05) is 32.9 Å². The molecule has 0 aromatic heterocycles. The Morgan fingerprint density at radius 2 is 1.83 bits per heavy atom. The van der Waals surface area contributed by atoms with Crippen LogP contribution in [0.1, 0.15) is 40.0 Å². The van der Waals surface area contributed by atoms with Gasteiger partial charge >= 0.3 is 0 Å². The smallest absolute Gasteiger partial charge is 0.0594 e. The zero-order chi connectivity index (χ0) is 13.0. The van der Waals surface area contributed by atoms with Crippen molar-refractivity contribution in [3.8, 4) is 0 Å². The van der Waals surface area contributed by atoms with Crippen LogP contribution in [0.25, 0.3) is 0 Å². The fourth-order valence-electron chi connectivity index (χ4n) is 3.23. The van der Waals surface area contributed by atoms with E-state index in [-0.39, 0.29) is 0 Å². The fraction of sp³-hybridized carbons (Fsp3) is 1.00. The lowest BCUT2D eigenvalue weighted by Gasteiger charge is -2.37. The van der Waals surface area contributed by atoms with Crippen LogP contribution in [0.3, 0.4) is 0 Å². The Labute approximate surface area is 112 Å². The zero-order valence-corrected chi connectivity index (χ0v) is 12.2. The van der Waals surface area contributed by atoms with E-state index in [1.54, 1.807) is 0 Å². The van der Waals surface area contributed by atoms with Gasteiger partial charge in [-0.1, -0.05) is 13.8 Å². The third-order valence-corrected chi connectivity index (χ3v) is 4.62. The largest absolute Gasteiger partial charge is 0.379 e. The van der Waals surface area contributed by atoms with Gasteiger partial charge in [-0.2, -0.15) is 0 Å². The number of ether oxygens (including phenoxy) is 2. The average Bonchev–Trinajstić information content (AvgIpc) is 2.40. The lowest BCUT2D eigenvalue weighted by molar-refractivity contribution is -0.0449. The second-order valence-electron chi connectivity index (χ2n) is 6.25. The van der Waals surface area contributed by atoms with Gasteiger partial charge in [0, 0.05) is 25.7 Å². The minimum Gasteiger partial charge on any atom is -0.379 e. The number of hydrogen-bond acceptors (Lipinski definition) is 3. The van der Waals surface area contributed by atoms with Crippen LogP contribution in [0.4, 0.5) is 0 Å². The van der Waals surface area contributed by atoms with Crippen molar-refractivity contribution in [2.45, 2.75) is 52.2 Å². The molecule has 3 atom stereocenters. The Morgan fingerprint density at radius 1 is 1.11 bits per heavy atom. The van der Waals surface area contributed by atoms with Gasteiger partial charge in [0.25, 0.3) is 0 Å². The van der Waals surface area contributed by atoms with E-state index < -0.39 is 0 Å². The average molecular weight is 255 g/mol. The van der Waals surface area contributed by atoms with Crippen LogP contribution in [0.5, 0.6) is 0 Å². The first-order chi connectivity index (χ1) is 8.66. The topological polar surface area (TPSA) is 21.7 Å². The maximum Gasteiger partial charge on any atom is 0.0594 e. The number of rotatable bonds is 4. The molecule has 0 aromatic carbocycles. The maximum atomic E-state index is 5.96. The molecule has 3 heteroatoms. The van der Waals surface area contributed by atoms with Crippen molar-refractivity contribution >= 4 is 0 Å². The molecule has 106 valence electrons. The number of hydrogen-bond donors (Lipinski definition) is 0. The molecule has 0 aromatic rings. The van der Waals surface area contributed by atoms with Gasteiger partial charge in [-0.3, -0.25) is 4.90 Å². The summed E-state index contributed by atoms with van der Waals surface area (Å²) in [6.07, 6.45) is 4.17. The summed E-state index contributed by atoms with van der Waals surface area (Å²) in [6.45, 7) is 12.0. The summed E-state index contributed by atoms with van der Waals surface area (Å²) in [5.74, 6) is 1.66. The highest BCUT2D eigenvalue weighted by Crippen LogP contribution is 2.29. The molecular formula is C15H29NO2. The van der Waals surface area contributed by atoms with Crippen LogP contribution in [0, 0.1) is 11.8 Å². The summed E-state index contributed by atoms with van der Waals surface area (Å²) in [5.41, 5.74) is 0. The van der Waals surface area contributed by atoms with E-state index in [1.165, 1.54) is 19.3 Å². The molecule has 0 spiro atoms. The molecule has 2 rings (SSSR count). The van der Waals surface area contributed by atoms with Crippen LogP contribution in [0.15, 0.2) is 0 Å². The minimum atomic E-state index is 0.476. The van der Waals surface area contributed by atoms with Crippen molar-refractivity contribution in [1.29, 1.82) is 0 Å². The first-order valence-electron chi connectivity index (χ1n) is 7.60. The number of nitrogens with zero attached hydrogens (tertiary/aromatic N) is 1. The SMILES string of the molecule is CC(C)C1CCOC(CC(C)N2CCOCC2)C1. The third-order valence-electron chi connectivity index (χ3n) is 4.62. The van der Waals surface area contributed by atoms with Gasteiger partial charge in [-0.15, -0.1) is 0 Å². The van der Waals surface area contributed by atoms with E-state index in [9.17, 15) is 0 Å². The molecule has 0 amide bonds. The van der Waals surface area contributed by atoms with E-state index in [0.717, 1.165) is 44.7 Å². The summed E-state index contributed by atoms with van der Waals surface area (Å²) in [4.78, 5) is 2.55. The monoisotopic (exact) mass is 255 g/mol. The molecule has 0 bridgehead atoms. The quantitative estimate of drug-likeness (QED) is 0.770. The highest BCUT2D eigenvalue weighted by Gasteiger charge is 2.27. The van der Waals surface area contributed by atoms with Crippen LogP contribution in [-0.4, -0.2) is 50.0 Å². The molecule has 2 aliphatic heterocycles. The van der Waals surface area contributed by atoms with Crippen molar-refractivity contribution in [3.63, 3.8) is 0 Å². The predicted octanol–water partition coefficient (Wildman–Crippen LogP) is 2.55.